The van der Waals surface area contributed by atoms with Crippen LogP contribution in [0, 0.1) is 4.77 Å². The van der Waals surface area contributed by atoms with Crippen LogP contribution in [0.15, 0.2) is 47.3 Å². The van der Waals surface area contributed by atoms with Crippen LogP contribution in [-0.4, -0.2) is 21.5 Å². The van der Waals surface area contributed by atoms with E-state index in [0.717, 1.165) is 12.1 Å². The van der Waals surface area contributed by atoms with Crippen LogP contribution >= 0.6 is 12.2 Å². The van der Waals surface area contributed by atoms with E-state index in [9.17, 15) is 9.59 Å². The minimum atomic E-state index is -0.134. The van der Waals surface area contributed by atoms with Gasteiger partial charge in [-0.3, -0.25) is 14.2 Å². The molecule has 26 heavy (non-hydrogen) atoms. The van der Waals surface area contributed by atoms with Crippen LogP contribution in [0.25, 0.3) is 10.9 Å². The normalized spacial score (nSPS) is 16.1. The first kappa shape index (κ1) is 16.7. The highest BCUT2D eigenvalue weighted by Gasteiger charge is 2.31. The Morgan fingerprint density at radius 2 is 2.04 bits per heavy atom. The number of nitrogens with zero attached hydrogens (tertiary/aromatic N) is 2. The number of nitrogens with one attached hydrogen (secondary N) is 1. The van der Waals surface area contributed by atoms with Crippen LogP contribution in [0.4, 0.5) is 5.69 Å². The summed E-state index contributed by atoms with van der Waals surface area (Å²) in [5.74, 6) is -0.0664. The van der Waals surface area contributed by atoms with Gasteiger partial charge in [-0.15, -0.1) is 0 Å². The van der Waals surface area contributed by atoms with Crippen molar-refractivity contribution < 1.29 is 4.79 Å². The smallest absolute Gasteiger partial charge is 0.262 e. The predicted octanol–water partition coefficient (Wildman–Crippen LogP) is 3.67. The van der Waals surface area contributed by atoms with E-state index < -0.39 is 0 Å². The molecule has 1 aliphatic rings. The molecule has 3 aromatic rings. The minimum absolute atomic E-state index is 0.0664. The molecule has 0 radical (unpaired) electrons. The second-order valence-electron chi connectivity index (χ2n) is 6.60. The number of carbonyl (C=O) groups excluding carboxylic acids is 1. The summed E-state index contributed by atoms with van der Waals surface area (Å²) in [6.45, 7) is 4.43. The lowest BCUT2D eigenvalue weighted by Gasteiger charge is -2.23. The highest BCUT2D eigenvalue weighted by atomic mass is 32.1. The van der Waals surface area contributed by atoms with Crippen molar-refractivity contribution in [3.8, 4) is 0 Å². The summed E-state index contributed by atoms with van der Waals surface area (Å²) in [4.78, 5) is 30.6. The second-order valence-corrected chi connectivity index (χ2v) is 6.98. The number of hydrogen-bond acceptors (Lipinski definition) is 3. The molecule has 2 aromatic carbocycles. The third-order valence-electron chi connectivity index (χ3n) is 4.97. The van der Waals surface area contributed by atoms with Crippen molar-refractivity contribution in [1.82, 2.24) is 9.55 Å². The highest BCUT2D eigenvalue weighted by Crippen LogP contribution is 2.33. The van der Waals surface area contributed by atoms with E-state index >= 15 is 0 Å². The Morgan fingerprint density at radius 3 is 2.81 bits per heavy atom. The van der Waals surface area contributed by atoms with Gasteiger partial charge in [0, 0.05) is 23.8 Å². The average molecular weight is 365 g/mol. The zero-order valence-electron chi connectivity index (χ0n) is 14.7. The van der Waals surface area contributed by atoms with Crippen LogP contribution < -0.4 is 10.5 Å². The summed E-state index contributed by atoms with van der Waals surface area (Å²) < 4.78 is 1.88. The summed E-state index contributed by atoms with van der Waals surface area (Å²) in [5, 5.41) is 0.534. The van der Waals surface area contributed by atoms with Crippen LogP contribution in [0.2, 0.25) is 0 Å². The number of carbonyl (C=O) groups is 1. The first-order chi connectivity index (χ1) is 12.5. The Balaban J connectivity index is 1.81. The van der Waals surface area contributed by atoms with Gasteiger partial charge in [-0.05, 0) is 62.3 Å². The SMILES string of the molecule is CCn1c(=S)[nH]c2cc(C(=O)N3c4ccccc4C[C@@H]3C)ccc2c1=O. The van der Waals surface area contributed by atoms with Crippen molar-refractivity contribution in [1.29, 1.82) is 0 Å². The van der Waals surface area contributed by atoms with E-state index in [4.69, 9.17) is 12.2 Å². The molecule has 1 aliphatic heterocycles. The van der Waals surface area contributed by atoms with Gasteiger partial charge in [0.05, 0.1) is 10.9 Å². The zero-order chi connectivity index (χ0) is 18.4. The fourth-order valence-electron chi connectivity index (χ4n) is 3.69. The number of benzene rings is 2. The summed E-state index contributed by atoms with van der Waals surface area (Å²) >= 11 is 5.27. The van der Waals surface area contributed by atoms with Crippen molar-refractivity contribution in [2.24, 2.45) is 0 Å². The summed E-state index contributed by atoms with van der Waals surface area (Å²) in [5.41, 5.74) is 3.14. The summed E-state index contributed by atoms with van der Waals surface area (Å²) in [6.07, 6.45) is 0.846. The monoisotopic (exact) mass is 365 g/mol. The molecule has 4 rings (SSSR count). The molecule has 1 aromatic heterocycles. The molecule has 0 fully saturated rings. The Morgan fingerprint density at radius 1 is 1.27 bits per heavy atom. The highest BCUT2D eigenvalue weighted by molar-refractivity contribution is 7.71. The molecule has 0 bridgehead atoms. The van der Waals surface area contributed by atoms with Gasteiger partial charge >= 0.3 is 0 Å². The molecule has 0 saturated carbocycles. The number of anilines is 1. The van der Waals surface area contributed by atoms with Crippen molar-refractivity contribution in [2.45, 2.75) is 32.9 Å². The number of rotatable bonds is 2. The Labute approximate surface area is 155 Å². The maximum atomic E-state index is 13.2. The number of H-pyrrole nitrogens is 1. The van der Waals surface area contributed by atoms with Gasteiger partial charge in [-0.1, -0.05) is 18.2 Å². The Kier molecular flexibility index (Phi) is 4.00. The Hall–Kier alpha value is -2.73. The zero-order valence-corrected chi connectivity index (χ0v) is 15.5. The number of aromatic amines is 1. The number of aromatic nitrogens is 2. The van der Waals surface area contributed by atoms with E-state index in [1.807, 2.05) is 36.9 Å². The number of para-hydroxylation sites is 1. The Bertz CT molecular complexity index is 1150. The van der Waals surface area contributed by atoms with Crippen LogP contribution in [-0.2, 0) is 13.0 Å². The maximum absolute atomic E-state index is 13.2. The first-order valence-corrected chi connectivity index (χ1v) is 9.10. The lowest BCUT2D eigenvalue weighted by atomic mass is 10.1. The second kappa shape index (κ2) is 6.21. The van der Waals surface area contributed by atoms with Crippen molar-refractivity contribution in [2.75, 3.05) is 4.90 Å². The van der Waals surface area contributed by atoms with E-state index in [1.165, 1.54) is 10.1 Å². The molecular weight excluding hydrogens is 346 g/mol. The summed E-state index contributed by atoms with van der Waals surface area (Å²) in [7, 11) is 0. The standard InChI is InChI=1S/C20H19N3O2S/c1-3-22-19(25)15-9-8-14(11-16(15)21-20(22)26)18(24)23-12(2)10-13-6-4-5-7-17(13)23/h4-9,11-12H,3,10H2,1-2H3,(H,21,26)/t12-/m0/s1. The molecule has 0 aliphatic carbocycles. The van der Waals surface area contributed by atoms with Gasteiger partial charge in [-0.2, -0.15) is 0 Å². The molecule has 0 unspecified atom stereocenters. The van der Waals surface area contributed by atoms with Crippen molar-refractivity contribution >= 4 is 34.7 Å². The molecule has 2 heterocycles. The predicted molar refractivity (Wildman–Crippen MR) is 105 cm³/mol. The molecule has 132 valence electrons. The van der Waals surface area contributed by atoms with Crippen LogP contribution in [0.5, 0.6) is 0 Å². The quantitative estimate of drug-likeness (QED) is 0.705. The summed E-state index contributed by atoms with van der Waals surface area (Å²) in [6, 6.07) is 13.2. The first-order valence-electron chi connectivity index (χ1n) is 8.69. The van der Waals surface area contributed by atoms with Crippen LogP contribution in [0.3, 0.4) is 0 Å². The third kappa shape index (κ3) is 2.49. The van der Waals surface area contributed by atoms with Gasteiger partial charge in [0.2, 0.25) is 0 Å². The molecule has 1 N–H and O–H groups in total. The molecule has 6 heteroatoms. The lowest BCUT2D eigenvalue weighted by molar-refractivity contribution is 0.0981. The van der Waals surface area contributed by atoms with E-state index in [0.29, 0.717) is 27.8 Å². The van der Waals surface area contributed by atoms with E-state index in [2.05, 4.69) is 11.1 Å². The number of fused-ring (bicyclic) bond motifs is 2. The molecular formula is C20H19N3O2S. The van der Waals surface area contributed by atoms with Gasteiger partial charge in [0.1, 0.15) is 0 Å². The minimum Gasteiger partial charge on any atom is -0.332 e. The van der Waals surface area contributed by atoms with E-state index in [1.54, 1.807) is 18.2 Å². The maximum Gasteiger partial charge on any atom is 0.262 e. The molecule has 5 nitrogen and oxygen atoms in total. The van der Waals surface area contributed by atoms with E-state index in [-0.39, 0.29) is 17.5 Å². The molecule has 1 amide bonds. The molecule has 1 atom stereocenters. The average Bonchev–Trinajstić information content (AvgIpc) is 2.96. The fraction of sp³-hybridized carbons (Fsp3) is 0.250. The van der Waals surface area contributed by atoms with Gasteiger partial charge in [-0.25, -0.2) is 0 Å². The molecule has 0 spiro atoms. The van der Waals surface area contributed by atoms with Gasteiger partial charge in [0.25, 0.3) is 11.5 Å². The van der Waals surface area contributed by atoms with Gasteiger partial charge < -0.3 is 9.88 Å². The van der Waals surface area contributed by atoms with Gasteiger partial charge in [0.15, 0.2) is 4.77 Å². The largest absolute Gasteiger partial charge is 0.332 e. The third-order valence-corrected chi connectivity index (χ3v) is 5.29. The van der Waals surface area contributed by atoms with Crippen molar-refractivity contribution in [3.63, 3.8) is 0 Å². The lowest BCUT2D eigenvalue weighted by Crippen LogP contribution is -2.35. The number of amides is 1. The van der Waals surface area contributed by atoms with Crippen molar-refractivity contribution in [3.05, 3.63) is 68.7 Å². The topological polar surface area (TPSA) is 58.1 Å². The fourth-order valence-corrected chi connectivity index (χ4v) is 4.01. The van der Waals surface area contributed by atoms with Crippen LogP contribution in [0.1, 0.15) is 29.8 Å². The molecule has 0 saturated heterocycles. The number of hydrogen-bond donors (Lipinski definition) is 1.